The lowest BCUT2D eigenvalue weighted by Crippen LogP contribution is -2.37. The Bertz CT molecular complexity index is 456. The Morgan fingerprint density at radius 1 is 1.47 bits per heavy atom. The molecule has 0 aromatic carbocycles. The molecule has 0 saturated carbocycles. The van der Waals surface area contributed by atoms with Gasteiger partial charge in [-0.15, -0.1) is 0 Å². The smallest absolute Gasteiger partial charge is 0.135 e. The number of hydrogen-bond donors (Lipinski definition) is 3. The molecule has 1 unspecified atom stereocenters. The van der Waals surface area contributed by atoms with Gasteiger partial charge in [0.05, 0.1) is 6.61 Å². The van der Waals surface area contributed by atoms with E-state index in [2.05, 4.69) is 15.3 Å². The van der Waals surface area contributed by atoms with Gasteiger partial charge in [0, 0.05) is 31.1 Å². The van der Waals surface area contributed by atoms with Crippen LogP contribution in [0.3, 0.4) is 0 Å². The molecule has 1 saturated heterocycles. The highest BCUT2D eigenvalue weighted by atomic mass is 16.5. The first kappa shape index (κ1) is 14.0. The van der Waals surface area contributed by atoms with Crippen molar-refractivity contribution in [3.05, 3.63) is 11.4 Å². The second-order valence-corrected chi connectivity index (χ2v) is 5.48. The molecule has 0 amide bonds. The molecule has 2 heterocycles. The number of ether oxygens (including phenoxy) is 1. The number of rotatable bonds is 4. The highest BCUT2D eigenvalue weighted by Crippen LogP contribution is 2.23. The van der Waals surface area contributed by atoms with Crippen LogP contribution in [-0.4, -0.2) is 40.4 Å². The third kappa shape index (κ3) is 3.13. The van der Waals surface area contributed by atoms with Gasteiger partial charge in [-0.25, -0.2) is 9.97 Å². The minimum absolute atomic E-state index is 0.210. The summed E-state index contributed by atoms with van der Waals surface area (Å²) in [4.78, 5) is 8.74. The topological polar surface area (TPSA) is 93.3 Å². The van der Waals surface area contributed by atoms with Gasteiger partial charge in [-0.1, -0.05) is 13.8 Å². The lowest BCUT2D eigenvalue weighted by atomic mass is 10.0. The van der Waals surface area contributed by atoms with E-state index < -0.39 is 5.60 Å². The largest absolute Gasteiger partial charge is 0.386 e. The molecule has 6 nitrogen and oxygen atoms in total. The van der Waals surface area contributed by atoms with Crippen LogP contribution in [0.15, 0.2) is 0 Å². The second kappa shape index (κ2) is 5.30. The molecule has 0 spiro atoms. The van der Waals surface area contributed by atoms with Crippen molar-refractivity contribution >= 4 is 11.6 Å². The quantitative estimate of drug-likeness (QED) is 0.754. The van der Waals surface area contributed by atoms with Crippen molar-refractivity contribution in [1.82, 2.24) is 9.97 Å². The molecule has 2 rings (SSSR count). The molecule has 0 aliphatic carbocycles. The summed E-state index contributed by atoms with van der Waals surface area (Å²) in [5.41, 5.74) is 5.89. The Kier molecular flexibility index (Phi) is 3.91. The predicted octanol–water partition coefficient (Wildman–Crippen LogP) is 1.05. The minimum Gasteiger partial charge on any atom is -0.386 e. The van der Waals surface area contributed by atoms with Crippen molar-refractivity contribution in [3.63, 3.8) is 0 Å². The summed E-state index contributed by atoms with van der Waals surface area (Å²) in [5.74, 6) is 2.09. The van der Waals surface area contributed by atoms with Crippen molar-refractivity contribution < 1.29 is 9.84 Å². The van der Waals surface area contributed by atoms with E-state index in [0.717, 1.165) is 5.56 Å². The summed E-state index contributed by atoms with van der Waals surface area (Å²) in [5, 5.41) is 13.4. The molecule has 1 aromatic heterocycles. The molecule has 1 aliphatic rings. The fourth-order valence-electron chi connectivity index (χ4n) is 1.97. The zero-order valence-electron chi connectivity index (χ0n) is 11.7. The van der Waals surface area contributed by atoms with E-state index in [9.17, 15) is 5.11 Å². The Balaban J connectivity index is 2.15. The summed E-state index contributed by atoms with van der Waals surface area (Å²) in [6.07, 6.45) is 0.636. The molecule has 4 N–H and O–H groups in total. The summed E-state index contributed by atoms with van der Waals surface area (Å²) in [7, 11) is 0. The van der Waals surface area contributed by atoms with Gasteiger partial charge in [0.1, 0.15) is 23.1 Å². The summed E-state index contributed by atoms with van der Waals surface area (Å²) in [6.45, 7) is 7.27. The monoisotopic (exact) mass is 266 g/mol. The van der Waals surface area contributed by atoms with Crippen molar-refractivity contribution in [3.8, 4) is 0 Å². The van der Waals surface area contributed by atoms with Crippen molar-refractivity contribution in [2.24, 2.45) is 0 Å². The van der Waals surface area contributed by atoms with Crippen LogP contribution in [0.5, 0.6) is 0 Å². The Labute approximate surface area is 113 Å². The maximum Gasteiger partial charge on any atom is 0.135 e. The molecule has 0 radical (unpaired) electrons. The molecule has 1 fully saturated rings. The number of nitrogens with zero attached hydrogens (tertiary/aromatic N) is 2. The van der Waals surface area contributed by atoms with Gasteiger partial charge >= 0.3 is 0 Å². The number of aromatic nitrogens is 2. The Hall–Kier alpha value is -1.40. The molecule has 1 atom stereocenters. The van der Waals surface area contributed by atoms with E-state index in [4.69, 9.17) is 10.5 Å². The van der Waals surface area contributed by atoms with E-state index in [1.807, 2.05) is 20.8 Å². The number of nitrogens with one attached hydrogen (secondary N) is 1. The molecule has 19 heavy (non-hydrogen) atoms. The standard InChI is InChI=1S/C13H22N4O2/c1-8(2)11-16-10(14)9(3)12(17-11)15-6-13(18)4-5-19-7-13/h8,18H,4-7H2,1-3H3,(H3,14,15,16,17). The van der Waals surface area contributed by atoms with Crippen molar-refractivity contribution in [1.29, 1.82) is 0 Å². The molecular weight excluding hydrogens is 244 g/mol. The lowest BCUT2D eigenvalue weighted by Gasteiger charge is -2.22. The first-order valence-electron chi connectivity index (χ1n) is 6.59. The van der Waals surface area contributed by atoms with E-state index >= 15 is 0 Å². The van der Waals surface area contributed by atoms with Gasteiger partial charge in [-0.05, 0) is 6.92 Å². The Morgan fingerprint density at radius 3 is 2.79 bits per heavy atom. The molecule has 0 bridgehead atoms. The number of nitrogens with two attached hydrogens (primary N) is 1. The van der Waals surface area contributed by atoms with Crippen LogP contribution in [-0.2, 0) is 4.74 Å². The first-order valence-corrected chi connectivity index (χ1v) is 6.59. The maximum atomic E-state index is 10.2. The van der Waals surface area contributed by atoms with Crippen molar-refractivity contribution in [2.45, 2.75) is 38.7 Å². The minimum atomic E-state index is -0.815. The molecular formula is C13H22N4O2. The van der Waals surface area contributed by atoms with E-state index in [0.29, 0.717) is 43.6 Å². The fourth-order valence-corrected chi connectivity index (χ4v) is 1.97. The van der Waals surface area contributed by atoms with Gasteiger partial charge in [0.15, 0.2) is 0 Å². The van der Waals surface area contributed by atoms with Gasteiger partial charge < -0.3 is 20.9 Å². The zero-order valence-corrected chi connectivity index (χ0v) is 11.7. The first-order chi connectivity index (χ1) is 8.91. The van der Waals surface area contributed by atoms with Crippen LogP contribution in [0.1, 0.15) is 37.6 Å². The normalized spacial score (nSPS) is 23.0. The molecule has 106 valence electrons. The SMILES string of the molecule is Cc1c(N)nc(C(C)C)nc1NCC1(O)CCOC1. The molecule has 1 aliphatic heterocycles. The predicted molar refractivity (Wildman–Crippen MR) is 74.1 cm³/mol. The van der Waals surface area contributed by atoms with Crippen LogP contribution in [0, 0.1) is 6.92 Å². The van der Waals surface area contributed by atoms with Crippen molar-refractivity contribution in [2.75, 3.05) is 30.8 Å². The highest BCUT2D eigenvalue weighted by Gasteiger charge is 2.32. The van der Waals surface area contributed by atoms with Gasteiger partial charge in [-0.2, -0.15) is 0 Å². The number of hydrogen-bond acceptors (Lipinski definition) is 6. The van der Waals surface area contributed by atoms with E-state index in [1.165, 1.54) is 0 Å². The van der Waals surface area contributed by atoms with E-state index in [-0.39, 0.29) is 5.92 Å². The van der Waals surface area contributed by atoms with Gasteiger partial charge in [0.25, 0.3) is 0 Å². The summed E-state index contributed by atoms with van der Waals surface area (Å²) < 4.78 is 5.22. The fraction of sp³-hybridized carbons (Fsp3) is 0.692. The zero-order chi connectivity index (χ0) is 14.0. The van der Waals surface area contributed by atoms with Crippen LogP contribution < -0.4 is 11.1 Å². The summed E-state index contributed by atoms with van der Waals surface area (Å²) in [6, 6.07) is 0. The number of aliphatic hydroxyl groups is 1. The summed E-state index contributed by atoms with van der Waals surface area (Å²) >= 11 is 0. The maximum absolute atomic E-state index is 10.2. The second-order valence-electron chi connectivity index (χ2n) is 5.48. The van der Waals surface area contributed by atoms with Crippen LogP contribution in [0.25, 0.3) is 0 Å². The van der Waals surface area contributed by atoms with Gasteiger partial charge in [0.2, 0.25) is 0 Å². The average Bonchev–Trinajstić information content (AvgIpc) is 2.78. The third-order valence-electron chi connectivity index (χ3n) is 3.38. The third-order valence-corrected chi connectivity index (χ3v) is 3.38. The molecule has 6 heteroatoms. The van der Waals surface area contributed by atoms with Gasteiger partial charge in [-0.3, -0.25) is 0 Å². The van der Waals surface area contributed by atoms with Crippen LogP contribution in [0.4, 0.5) is 11.6 Å². The van der Waals surface area contributed by atoms with Crippen LogP contribution >= 0.6 is 0 Å². The number of nitrogen functional groups attached to an aromatic ring is 1. The number of anilines is 2. The lowest BCUT2D eigenvalue weighted by molar-refractivity contribution is 0.0381. The Morgan fingerprint density at radius 2 is 2.21 bits per heavy atom. The molecule has 1 aromatic rings. The van der Waals surface area contributed by atoms with E-state index in [1.54, 1.807) is 0 Å². The van der Waals surface area contributed by atoms with Crippen LogP contribution in [0.2, 0.25) is 0 Å². The average molecular weight is 266 g/mol. The highest BCUT2D eigenvalue weighted by molar-refractivity contribution is 5.55.